The first kappa shape index (κ1) is 25.3. The Hall–Kier alpha value is -2.69. The molecule has 3 N–H and O–H groups in total. The van der Waals surface area contributed by atoms with Crippen molar-refractivity contribution in [1.82, 2.24) is 0 Å². The maximum Gasteiger partial charge on any atom is 0.376 e. The molecule has 0 spiro atoms. The van der Waals surface area contributed by atoms with E-state index >= 15 is 0 Å². The monoisotopic (exact) mass is 402 g/mol. The second-order valence-electron chi connectivity index (χ2n) is 5.61. The third-order valence-electron chi connectivity index (χ3n) is 3.68. The van der Waals surface area contributed by atoms with Gasteiger partial charge in [-0.2, -0.15) is 0 Å². The summed E-state index contributed by atoms with van der Waals surface area (Å²) in [6.07, 6.45) is 2.04. The smallest absolute Gasteiger partial charge is 0.376 e. The molecule has 0 amide bonds. The van der Waals surface area contributed by atoms with Gasteiger partial charge in [-0.25, -0.2) is 14.4 Å². The molecule has 0 bridgehead atoms. The van der Waals surface area contributed by atoms with E-state index in [0.29, 0.717) is 12.5 Å². The highest BCUT2D eigenvalue weighted by molar-refractivity contribution is 5.86. The fourth-order valence-electron chi connectivity index (χ4n) is 1.88. The van der Waals surface area contributed by atoms with Crippen LogP contribution in [0.15, 0.2) is 37.6 Å². The van der Waals surface area contributed by atoms with Gasteiger partial charge in [-0.15, -0.1) is 0 Å². The Bertz CT molecular complexity index is 585. The Balaban J connectivity index is 6.19. The molecule has 10 nitrogen and oxygen atoms in total. The number of hydrogen-bond donors (Lipinski definition) is 3. The van der Waals surface area contributed by atoms with Crippen LogP contribution in [0.2, 0.25) is 0 Å². The normalized spacial score (nSPS) is 12.9. The quantitative estimate of drug-likeness (QED) is 0.151. The fraction of sp³-hybridized carbons (Fsp3) is 0.500. The lowest BCUT2D eigenvalue weighted by atomic mass is 9.81. The van der Waals surface area contributed by atoms with Gasteiger partial charge in [-0.3, -0.25) is 0 Å². The second-order valence-corrected chi connectivity index (χ2v) is 5.61. The average molecular weight is 402 g/mol. The van der Waals surface area contributed by atoms with Crippen LogP contribution in [0, 0.1) is 5.41 Å². The van der Waals surface area contributed by atoms with Crippen molar-refractivity contribution in [3.63, 3.8) is 0 Å². The molecule has 0 heterocycles. The van der Waals surface area contributed by atoms with Crippen LogP contribution < -0.4 is 0 Å². The van der Waals surface area contributed by atoms with Crippen molar-refractivity contribution in [2.24, 2.45) is 5.41 Å². The first-order chi connectivity index (χ1) is 13.2. The summed E-state index contributed by atoms with van der Waals surface area (Å²) >= 11 is 0. The van der Waals surface area contributed by atoms with Gasteiger partial charge in [-0.1, -0.05) is 20.1 Å². The number of aliphatic hydroxyl groups is 3. The second kappa shape index (κ2) is 11.9. The summed E-state index contributed by atoms with van der Waals surface area (Å²) in [5.74, 6) is -6.48. The van der Waals surface area contributed by atoms with Crippen molar-refractivity contribution >= 4 is 17.9 Å². The van der Waals surface area contributed by atoms with Crippen molar-refractivity contribution in [2.45, 2.75) is 19.1 Å². The van der Waals surface area contributed by atoms with Crippen LogP contribution in [0.4, 0.5) is 0 Å². The number of rotatable bonds is 14. The number of hydrogen-bond acceptors (Lipinski definition) is 10. The highest BCUT2D eigenvalue weighted by atomic mass is 16.8. The number of carbonyl (C=O) groups excluding carboxylic acids is 3. The number of ether oxygens (including phenoxy) is 4. The van der Waals surface area contributed by atoms with Crippen LogP contribution >= 0.6 is 0 Å². The molecule has 158 valence electrons. The zero-order valence-corrected chi connectivity index (χ0v) is 15.7. The molecule has 0 saturated carbocycles. The Morgan fingerprint density at radius 2 is 1.46 bits per heavy atom. The molecule has 28 heavy (non-hydrogen) atoms. The van der Waals surface area contributed by atoms with Crippen LogP contribution in [0.25, 0.3) is 0 Å². The predicted octanol–water partition coefficient (Wildman–Crippen LogP) is -0.412. The van der Waals surface area contributed by atoms with E-state index < -0.39 is 61.3 Å². The Kier molecular flexibility index (Phi) is 10.8. The summed E-state index contributed by atoms with van der Waals surface area (Å²) in [6, 6.07) is 0. The van der Waals surface area contributed by atoms with E-state index in [-0.39, 0.29) is 6.61 Å². The van der Waals surface area contributed by atoms with Gasteiger partial charge in [-0.05, 0) is 13.0 Å². The molecule has 0 aromatic heterocycles. The SMILES string of the molecule is C=CC(=O)OCC(OC(=O)C=C)(OC(=O)C(=C)OCCC)C(CO)(CO)CO. The van der Waals surface area contributed by atoms with E-state index in [9.17, 15) is 29.7 Å². The number of esters is 3. The number of aliphatic hydroxyl groups excluding tert-OH is 3. The minimum Gasteiger partial charge on any atom is -0.487 e. The third kappa shape index (κ3) is 6.19. The minimum absolute atomic E-state index is 0.129. The highest BCUT2D eigenvalue weighted by Gasteiger charge is 2.59. The molecule has 1 unspecified atom stereocenters. The maximum atomic E-state index is 12.4. The van der Waals surface area contributed by atoms with Crippen molar-refractivity contribution in [2.75, 3.05) is 33.0 Å². The summed E-state index contributed by atoms with van der Waals surface area (Å²) in [5, 5.41) is 29.3. The molecular formula is C18H26O10. The van der Waals surface area contributed by atoms with E-state index in [2.05, 4.69) is 19.7 Å². The fourth-order valence-corrected chi connectivity index (χ4v) is 1.88. The van der Waals surface area contributed by atoms with Crippen molar-refractivity contribution in [3.05, 3.63) is 37.6 Å². The van der Waals surface area contributed by atoms with Gasteiger partial charge >= 0.3 is 23.7 Å². The van der Waals surface area contributed by atoms with Gasteiger partial charge in [0.25, 0.3) is 0 Å². The molecule has 1 atom stereocenters. The Morgan fingerprint density at radius 3 is 1.89 bits per heavy atom. The summed E-state index contributed by atoms with van der Waals surface area (Å²) in [4.78, 5) is 35.7. The summed E-state index contributed by atoms with van der Waals surface area (Å²) in [7, 11) is 0. The first-order valence-corrected chi connectivity index (χ1v) is 8.23. The lowest BCUT2D eigenvalue weighted by Gasteiger charge is -2.44. The van der Waals surface area contributed by atoms with Crippen LogP contribution in [-0.2, 0) is 33.3 Å². The lowest BCUT2D eigenvalue weighted by Crippen LogP contribution is -2.63. The summed E-state index contributed by atoms with van der Waals surface area (Å²) in [6.45, 7) is 7.63. The molecule has 0 aliphatic carbocycles. The van der Waals surface area contributed by atoms with Crippen LogP contribution in [0.3, 0.4) is 0 Å². The van der Waals surface area contributed by atoms with Gasteiger partial charge in [0.05, 0.1) is 26.4 Å². The van der Waals surface area contributed by atoms with E-state index in [1.54, 1.807) is 6.92 Å². The van der Waals surface area contributed by atoms with Gasteiger partial charge in [0.15, 0.2) is 12.4 Å². The number of carbonyl (C=O) groups is 3. The third-order valence-corrected chi connectivity index (χ3v) is 3.68. The van der Waals surface area contributed by atoms with Crippen LogP contribution in [0.5, 0.6) is 0 Å². The minimum atomic E-state index is -2.63. The first-order valence-electron chi connectivity index (χ1n) is 8.23. The van der Waals surface area contributed by atoms with Crippen LogP contribution in [0.1, 0.15) is 13.3 Å². The average Bonchev–Trinajstić information content (AvgIpc) is 2.71. The molecule has 0 rings (SSSR count). The standard InChI is InChI=1S/C18H26O10/c1-5-8-25-13(4)16(24)28-18(27-15(23)7-3,12-26-14(22)6-2)17(9-19,10-20)11-21/h6-7,19-21H,2-5,8-12H2,1H3. The zero-order valence-electron chi connectivity index (χ0n) is 15.7. The van der Waals surface area contributed by atoms with Gasteiger partial charge in [0, 0.05) is 12.2 Å². The molecule has 0 radical (unpaired) electrons. The zero-order chi connectivity index (χ0) is 21.8. The van der Waals surface area contributed by atoms with Gasteiger partial charge < -0.3 is 34.3 Å². The molecule has 0 aromatic carbocycles. The van der Waals surface area contributed by atoms with Crippen molar-refractivity contribution < 1.29 is 48.7 Å². The molecule has 0 aliphatic rings. The predicted molar refractivity (Wildman–Crippen MR) is 95.3 cm³/mol. The van der Waals surface area contributed by atoms with E-state index in [4.69, 9.17) is 18.9 Å². The molecular weight excluding hydrogens is 376 g/mol. The largest absolute Gasteiger partial charge is 0.487 e. The molecule has 0 aliphatic heterocycles. The molecule has 0 aromatic rings. The molecule has 0 saturated heterocycles. The summed E-state index contributed by atoms with van der Waals surface area (Å²) in [5.41, 5.74) is -2.16. The van der Waals surface area contributed by atoms with E-state index in [1.807, 2.05) is 0 Å². The van der Waals surface area contributed by atoms with E-state index in [0.717, 1.165) is 6.08 Å². The van der Waals surface area contributed by atoms with Crippen molar-refractivity contribution in [3.8, 4) is 0 Å². The molecule has 10 heteroatoms. The highest BCUT2D eigenvalue weighted by Crippen LogP contribution is 2.37. The topological polar surface area (TPSA) is 149 Å². The summed E-state index contributed by atoms with van der Waals surface area (Å²) < 4.78 is 20.1. The van der Waals surface area contributed by atoms with E-state index in [1.165, 1.54) is 0 Å². The lowest BCUT2D eigenvalue weighted by molar-refractivity contribution is -0.303. The van der Waals surface area contributed by atoms with Crippen LogP contribution in [-0.4, -0.2) is 72.0 Å². The van der Waals surface area contributed by atoms with Gasteiger partial charge in [0.1, 0.15) is 5.41 Å². The maximum absolute atomic E-state index is 12.4. The van der Waals surface area contributed by atoms with Gasteiger partial charge in [0.2, 0.25) is 0 Å². The van der Waals surface area contributed by atoms with Crippen molar-refractivity contribution in [1.29, 1.82) is 0 Å². The Morgan fingerprint density at radius 1 is 0.929 bits per heavy atom. The molecule has 0 fully saturated rings. The Labute approximate surface area is 162 Å².